The number of nitrogens with zero attached hydrogens (tertiary/aromatic N) is 2. The SMILES string of the molecule is CCCCOC(=O)O.c1ccc(-c2ccccn2)nc1. The molecule has 2 rings (SSSR count). The van der Waals surface area contributed by atoms with Crippen LogP contribution >= 0.6 is 0 Å². The first kappa shape index (κ1) is 15.6. The molecule has 0 aliphatic heterocycles. The van der Waals surface area contributed by atoms with Crippen molar-refractivity contribution in [3.8, 4) is 11.4 Å². The van der Waals surface area contributed by atoms with E-state index in [0.29, 0.717) is 6.61 Å². The van der Waals surface area contributed by atoms with Crippen molar-refractivity contribution in [2.75, 3.05) is 6.61 Å². The molecule has 1 N–H and O–H groups in total. The van der Waals surface area contributed by atoms with E-state index in [-0.39, 0.29) is 0 Å². The Morgan fingerprint density at radius 3 is 2.00 bits per heavy atom. The zero-order valence-electron chi connectivity index (χ0n) is 11.4. The van der Waals surface area contributed by atoms with Crippen LogP contribution in [0.4, 0.5) is 4.79 Å². The summed E-state index contributed by atoms with van der Waals surface area (Å²) in [6.07, 6.45) is 4.13. The van der Waals surface area contributed by atoms with Gasteiger partial charge in [0.05, 0.1) is 18.0 Å². The van der Waals surface area contributed by atoms with E-state index >= 15 is 0 Å². The Balaban J connectivity index is 0.000000221. The molecule has 0 amide bonds. The van der Waals surface area contributed by atoms with Gasteiger partial charge in [-0.05, 0) is 30.7 Å². The quantitative estimate of drug-likeness (QED) is 0.681. The van der Waals surface area contributed by atoms with Crippen molar-refractivity contribution < 1.29 is 14.6 Å². The van der Waals surface area contributed by atoms with Crippen molar-refractivity contribution >= 4 is 6.16 Å². The van der Waals surface area contributed by atoms with Crippen molar-refractivity contribution in [3.63, 3.8) is 0 Å². The molecule has 2 aromatic heterocycles. The third-order valence-electron chi connectivity index (χ3n) is 2.32. The van der Waals surface area contributed by atoms with E-state index in [4.69, 9.17) is 5.11 Å². The predicted molar refractivity (Wildman–Crippen MR) is 76.4 cm³/mol. The molecule has 0 aliphatic rings. The molecule has 0 fully saturated rings. The number of aromatic nitrogens is 2. The molecular formula is C15H18N2O3. The minimum atomic E-state index is -1.18. The summed E-state index contributed by atoms with van der Waals surface area (Å²) < 4.78 is 4.20. The Kier molecular flexibility index (Phi) is 7.42. The fourth-order valence-corrected chi connectivity index (χ4v) is 1.33. The number of ether oxygens (including phenoxy) is 1. The van der Waals surface area contributed by atoms with Crippen LogP contribution in [-0.2, 0) is 4.74 Å². The highest BCUT2D eigenvalue weighted by molar-refractivity contribution is 5.56. The van der Waals surface area contributed by atoms with Gasteiger partial charge in [-0.25, -0.2) is 4.79 Å². The van der Waals surface area contributed by atoms with Crippen LogP contribution < -0.4 is 0 Å². The number of pyridine rings is 2. The van der Waals surface area contributed by atoms with Gasteiger partial charge in [0.1, 0.15) is 0 Å². The van der Waals surface area contributed by atoms with E-state index in [2.05, 4.69) is 14.7 Å². The summed E-state index contributed by atoms with van der Waals surface area (Å²) in [4.78, 5) is 18.0. The van der Waals surface area contributed by atoms with Gasteiger partial charge in [0.2, 0.25) is 0 Å². The second-order valence-corrected chi connectivity index (χ2v) is 3.90. The Hall–Kier alpha value is -2.43. The van der Waals surface area contributed by atoms with E-state index in [1.165, 1.54) is 0 Å². The smallest absolute Gasteiger partial charge is 0.450 e. The average Bonchev–Trinajstić information content (AvgIpc) is 2.50. The number of carboxylic acid groups (broad SMARTS) is 1. The van der Waals surface area contributed by atoms with Crippen LogP contribution in [0.15, 0.2) is 48.8 Å². The Bertz CT molecular complexity index is 451. The lowest BCUT2D eigenvalue weighted by atomic mass is 10.2. The number of hydrogen-bond donors (Lipinski definition) is 1. The van der Waals surface area contributed by atoms with Crippen LogP contribution in [0.2, 0.25) is 0 Å². The second kappa shape index (κ2) is 9.49. The summed E-state index contributed by atoms with van der Waals surface area (Å²) in [5, 5.41) is 7.92. The molecule has 0 bridgehead atoms. The molecule has 0 atom stereocenters. The first-order valence-corrected chi connectivity index (χ1v) is 6.42. The zero-order chi connectivity index (χ0) is 14.6. The highest BCUT2D eigenvalue weighted by atomic mass is 16.7. The highest BCUT2D eigenvalue weighted by Crippen LogP contribution is 2.10. The molecule has 5 nitrogen and oxygen atoms in total. The first-order valence-electron chi connectivity index (χ1n) is 6.42. The van der Waals surface area contributed by atoms with E-state index in [1.54, 1.807) is 12.4 Å². The Labute approximate surface area is 118 Å². The minimum absolute atomic E-state index is 0.325. The summed E-state index contributed by atoms with van der Waals surface area (Å²) in [5.41, 5.74) is 1.83. The topological polar surface area (TPSA) is 72.3 Å². The van der Waals surface area contributed by atoms with Crippen molar-refractivity contribution in [2.45, 2.75) is 19.8 Å². The van der Waals surface area contributed by atoms with Gasteiger partial charge >= 0.3 is 6.16 Å². The summed E-state index contributed by atoms with van der Waals surface area (Å²) in [6, 6.07) is 11.6. The lowest BCUT2D eigenvalue weighted by Crippen LogP contribution is -2.00. The molecule has 0 aliphatic carbocycles. The van der Waals surface area contributed by atoms with Gasteiger partial charge in [0, 0.05) is 12.4 Å². The third kappa shape index (κ3) is 6.49. The van der Waals surface area contributed by atoms with Crippen molar-refractivity contribution in [1.29, 1.82) is 0 Å². The Morgan fingerprint density at radius 2 is 1.65 bits per heavy atom. The van der Waals surface area contributed by atoms with Gasteiger partial charge in [0.15, 0.2) is 0 Å². The van der Waals surface area contributed by atoms with E-state index < -0.39 is 6.16 Å². The summed E-state index contributed by atoms with van der Waals surface area (Å²) in [6.45, 7) is 2.30. The van der Waals surface area contributed by atoms with E-state index in [1.807, 2.05) is 43.3 Å². The number of carbonyl (C=O) groups is 1. The molecular weight excluding hydrogens is 256 g/mol. The monoisotopic (exact) mass is 274 g/mol. The fourth-order valence-electron chi connectivity index (χ4n) is 1.33. The molecule has 0 saturated heterocycles. The highest BCUT2D eigenvalue weighted by Gasteiger charge is 1.95. The number of unbranched alkanes of at least 4 members (excludes halogenated alkanes) is 1. The van der Waals surface area contributed by atoms with Crippen molar-refractivity contribution in [1.82, 2.24) is 9.97 Å². The maximum Gasteiger partial charge on any atom is 0.505 e. The molecule has 2 aromatic rings. The average molecular weight is 274 g/mol. The van der Waals surface area contributed by atoms with Gasteiger partial charge in [0.25, 0.3) is 0 Å². The van der Waals surface area contributed by atoms with Gasteiger partial charge in [-0.15, -0.1) is 0 Å². The van der Waals surface area contributed by atoms with Gasteiger partial charge in [-0.3, -0.25) is 9.97 Å². The van der Waals surface area contributed by atoms with Crippen LogP contribution in [0.5, 0.6) is 0 Å². The van der Waals surface area contributed by atoms with Crippen LogP contribution in [0.1, 0.15) is 19.8 Å². The minimum Gasteiger partial charge on any atom is -0.450 e. The van der Waals surface area contributed by atoms with Crippen LogP contribution in [0, 0.1) is 0 Å². The molecule has 5 heteroatoms. The lowest BCUT2D eigenvalue weighted by Gasteiger charge is -1.96. The maximum absolute atomic E-state index is 9.65. The standard InChI is InChI=1S/C10H8N2.C5H10O3/c1-3-7-11-9(5-1)10-6-2-4-8-12-10;1-2-3-4-8-5(6)7/h1-8H;2-4H2,1H3,(H,6,7). The van der Waals surface area contributed by atoms with Gasteiger partial charge < -0.3 is 9.84 Å². The van der Waals surface area contributed by atoms with Gasteiger partial charge in [-0.1, -0.05) is 25.5 Å². The maximum atomic E-state index is 9.65. The van der Waals surface area contributed by atoms with Crippen molar-refractivity contribution in [3.05, 3.63) is 48.8 Å². The molecule has 2 heterocycles. The van der Waals surface area contributed by atoms with E-state index in [9.17, 15) is 4.79 Å². The molecule has 20 heavy (non-hydrogen) atoms. The molecule has 0 aromatic carbocycles. The van der Waals surface area contributed by atoms with Crippen LogP contribution in [-0.4, -0.2) is 27.8 Å². The summed E-state index contributed by atoms with van der Waals surface area (Å²) in [7, 11) is 0. The first-order chi connectivity index (χ1) is 9.74. The zero-order valence-corrected chi connectivity index (χ0v) is 11.4. The number of rotatable bonds is 4. The normalized spacial score (nSPS) is 9.25. The van der Waals surface area contributed by atoms with Crippen molar-refractivity contribution in [2.24, 2.45) is 0 Å². The molecule has 0 saturated carbocycles. The van der Waals surface area contributed by atoms with Crippen LogP contribution in [0.3, 0.4) is 0 Å². The number of hydrogen-bond acceptors (Lipinski definition) is 4. The largest absolute Gasteiger partial charge is 0.505 e. The molecule has 0 unspecified atom stereocenters. The second-order valence-electron chi connectivity index (χ2n) is 3.90. The molecule has 0 spiro atoms. The Morgan fingerprint density at radius 1 is 1.10 bits per heavy atom. The third-order valence-corrected chi connectivity index (χ3v) is 2.32. The molecule has 0 radical (unpaired) electrons. The van der Waals surface area contributed by atoms with Crippen LogP contribution in [0.25, 0.3) is 11.4 Å². The van der Waals surface area contributed by atoms with Gasteiger partial charge in [-0.2, -0.15) is 0 Å². The summed E-state index contributed by atoms with van der Waals surface area (Å²) in [5.74, 6) is 0. The summed E-state index contributed by atoms with van der Waals surface area (Å²) >= 11 is 0. The lowest BCUT2D eigenvalue weighted by molar-refractivity contribution is 0.0905. The molecule has 106 valence electrons. The van der Waals surface area contributed by atoms with E-state index in [0.717, 1.165) is 24.2 Å². The fraction of sp³-hybridized carbons (Fsp3) is 0.267. The predicted octanol–water partition coefficient (Wildman–Crippen LogP) is 3.62.